The Bertz CT molecular complexity index is 916. The zero-order chi connectivity index (χ0) is 17.4. The second-order valence-corrected chi connectivity index (χ2v) is 6.98. The summed E-state index contributed by atoms with van der Waals surface area (Å²) in [4.78, 5) is 2.15. The Hall–Kier alpha value is -2.80. The van der Waals surface area contributed by atoms with Crippen molar-refractivity contribution in [3.63, 3.8) is 0 Å². The predicted molar refractivity (Wildman–Crippen MR) is 108 cm³/mol. The van der Waals surface area contributed by atoms with Gasteiger partial charge in [0, 0.05) is 19.8 Å². The lowest BCUT2D eigenvalue weighted by molar-refractivity contribution is 1.13. The Labute approximate surface area is 150 Å². The third kappa shape index (κ3) is 2.87. The van der Waals surface area contributed by atoms with Crippen LogP contribution in [0.4, 0.5) is 5.69 Å². The molecule has 1 aliphatic rings. The van der Waals surface area contributed by atoms with Crippen molar-refractivity contribution in [1.29, 1.82) is 0 Å². The van der Waals surface area contributed by atoms with E-state index in [1.54, 1.807) is 0 Å². The van der Waals surface area contributed by atoms with Crippen LogP contribution in [0, 0.1) is 6.92 Å². The Morgan fingerprint density at radius 1 is 0.800 bits per heavy atom. The van der Waals surface area contributed by atoms with Gasteiger partial charge in [0.1, 0.15) is 0 Å². The second-order valence-electron chi connectivity index (χ2n) is 6.98. The van der Waals surface area contributed by atoms with E-state index in [1.807, 2.05) is 0 Å². The summed E-state index contributed by atoms with van der Waals surface area (Å²) in [6.45, 7) is 2.19. The number of hydrogen-bond donors (Lipinski definition) is 0. The van der Waals surface area contributed by atoms with E-state index in [0.717, 1.165) is 6.42 Å². The van der Waals surface area contributed by atoms with E-state index in [4.69, 9.17) is 0 Å². The van der Waals surface area contributed by atoms with Gasteiger partial charge in [0.15, 0.2) is 0 Å². The second kappa shape index (κ2) is 6.25. The van der Waals surface area contributed by atoms with E-state index in [1.165, 1.54) is 44.6 Å². The first kappa shape index (κ1) is 15.7. The minimum absolute atomic E-state index is 1.02. The molecule has 124 valence electrons. The fourth-order valence-electron chi connectivity index (χ4n) is 3.64. The summed E-state index contributed by atoms with van der Waals surface area (Å²) in [5.41, 5.74) is 10.7. The summed E-state index contributed by atoms with van der Waals surface area (Å²) < 4.78 is 0. The molecule has 1 heteroatoms. The molecule has 1 nitrogen and oxygen atoms in total. The van der Waals surface area contributed by atoms with Gasteiger partial charge in [0.2, 0.25) is 0 Å². The van der Waals surface area contributed by atoms with Crippen LogP contribution in [-0.2, 0) is 6.42 Å². The molecule has 4 rings (SSSR count). The lowest BCUT2D eigenvalue weighted by Gasteiger charge is -2.23. The third-order valence-corrected chi connectivity index (χ3v) is 5.07. The highest BCUT2D eigenvalue weighted by molar-refractivity contribution is 5.95. The smallest absolute Gasteiger partial charge is 0.0364 e. The van der Waals surface area contributed by atoms with Gasteiger partial charge in [0.05, 0.1) is 0 Å². The third-order valence-electron chi connectivity index (χ3n) is 5.07. The number of aryl methyl sites for hydroxylation is 1. The van der Waals surface area contributed by atoms with E-state index in [9.17, 15) is 0 Å². The minimum atomic E-state index is 1.02. The van der Waals surface area contributed by atoms with Gasteiger partial charge < -0.3 is 4.90 Å². The summed E-state index contributed by atoms with van der Waals surface area (Å²) in [6.07, 6.45) is 3.37. The van der Waals surface area contributed by atoms with Crippen molar-refractivity contribution in [2.24, 2.45) is 0 Å². The summed E-state index contributed by atoms with van der Waals surface area (Å²) in [5, 5.41) is 0. The quantitative estimate of drug-likeness (QED) is 0.467. The van der Waals surface area contributed by atoms with Gasteiger partial charge in [-0.25, -0.2) is 0 Å². The molecule has 3 aromatic rings. The molecule has 0 atom stereocenters. The molecule has 0 fully saturated rings. The van der Waals surface area contributed by atoms with Crippen LogP contribution in [0.25, 0.3) is 11.6 Å². The minimum Gasteiger partial charge on any atom is -0.378 e. The summed E-state index contributed by atoms with van der Waals surface area (Å²) in [6, 6.07) is 24.3. The van der Waals surface area contributed by atoms with Crippen LogP contribution in [0.1, 0.15) is 33.4 Å². The molecule has 0 spiro atoms. The molecular weight excluding hydrogens is 302 g/mol. The van der Waals surface area contributed by atoms with Crippen molar-refractivity contribution in [3.05, 3.63) is 100 Å². The number of rotatable bonds is 2. The zero-order valence-corrected chi connectivity index (χ0v) is 15.1. The first-order valence-electron chi connectivity index (χ1n) is 8.80. The fraction of sp³-hybridized carbons (Fsp3) is 0.167. The molecule has 0 unspecified atom stereocenters. The van der Waals surface area contributed by atoms with Crippen LogP contribution in [0.2, 0.25) is 0 Å². The van der Waals surface area contributed by atoms with Crippen LogP contribution in [0.3, 0.4) is 0 Å². The first-order chi connectivity index (χ1) is 12.1. The average molecular weight is 325 g/mol. The van der Waals surface area contributed by atoms with Gasteiger partial charge in [-0.2, -0.15) is 0 Å². The average Bonchev–Trinajstić information content (AvgIpc) is 2.62. The topological polar surface area (TPSA) is 3.24 Å². The van der Waals surface area contributed by atoms with E-state index in [2.05, 4.69) is 98.7 Å². The van der Waals surface area contributed by atoms with Crippen LogP contribution < -0.4 is 4.90 Å². The molecule has 0 saturated heterocycles. The van der Waals surface area contributed by atoms with Crippen molar-refractivity contribution in [2.45, 2.75) is 13.3 Å². The number of benzene rings is 3. The molecule has 0 amide bonds. The van der Waals surface area contributed by atoms with Gasteiger partial charge in [-0.15, -0.1) is 0 Å². The fourth-order valence-corrected chi connectivity index (χ4v) is 3.64. The van der Waals surface area contributed by atoms with Gasteiger partial charge in [-0.05, 0) is 70.5 Å². The Kier molecular flexibility index (Phi) is 3.93. The molecule has 3 aromatic carbocycles. The maximum absolute atomic E-state index is 2.35. The van der Waals surface area contributed by atoms with E-state index in [-0.39, 0.29) is 0 Å². The predicted octanol–water partition coefficient (Wildman–Crippen LogP) is 5.55. The van der Waals surface area contributed by atoms with Crippen LogP contribution >= 0.6 is 0 Å². The highest BCUT2D eigenvalue weighted by atomic mass is 15.1. The van der Waals surface area contributed by atoms with Crippen LogP contribution in [-0.4, -0.2) is 14.1 Å². The van der Waals surface area contributed by atoms with Gasteiger partial charge >= 0.3 is 0 Å². The lowest BCUT2D eigenvalue weighted by Crippen LogP contribution is -2.09. The largest absolute Gasteiger partial charge is 0.378 e. The van der Waals surface area contributed by atoms with Gasteiger partial charge in [-0.1, -0.05) is 54.6 Å². The standard InChI is InChI=1S/C24H23N/c1-17-14-21(25(2)3)13-12-18(17)16-24-22-10-6-4-8-19(22)15-20-9-5-7-11-23(20)24/h4-14,16H,15H2,1-3H3. The molecular formula is C24H23N. The van der Waals surface area contributed by atoms with E-state index < -0.39 is 0 Å². The summed E-state index contributed by atoms with van der Waals surface area (Å²) in [7, 11) is 4.17. The molecule has 25 heavy (non-hydrogen) atoms. The normalized spacial score (nSPS) is 12.4. The van der Waals surface area contributed by atoms with Crippen LogP contribution in [0.5, 0.6) is 0 Å². The maximum Gasteiger partial charge on any atom is 0.0364 e. The van der Waals surface area contributed by atoms with Gasteiger partial charge in [0.25, 0.3) is 0 Å². The first-order valence-corrected chi connectivity index (χ1v) is 8.80. The SMILES string of the molecule is Cc1cc(N(C)C)ccc1C=C1c2ccccc2Cc2ccccc21. The number of anilines is 1. The molecule has 1 aliphatic carbocycles. The van der Waals surface area contributed by atoms with Crippen molar-refractivity contribution in [1.82, 2.24) is 0 Å². The van der Waals surface area contributed by atoms with Gasteiger partial charge in [-0.3, -0.25) is 0 Å². The Morgan fingerprint density at radius 3 is 1.96 bits per heavy atom. The maximum atomic E-state index is 2.35. The van der Waals surface area contributed by atoms with E-state index in [0.29, 0.717) is 0 Å². The number of nitrogens with zero attached hydrogens (tertiary/aromatic N) is 1. The highest BCUT2D eigenvalue weighted by Gasteiger charge is 2.19. The molecule has 0 N–H and O–H groups in total. The van der Waals surface area contributed by atoms with E-state index >= 15 is 0 Å². The Balaban J connectivity index is 1.89. The molecule has 0 aromatic heterocycles. The molecule has 0 saturated carbocycles. The summed E-state index contributed by atoms with van der Waals surface area (Å²) in [5.74, 6) is 0. The highest BCUT2D eigenvalue weighted by Crippen LogP contribution is 2.37. The summed E-state index contributed by atoms with van der Waals surface area (Å²) >= 11 is 0. The van der Waals surface area contributed by atoms with Crippen molar-refractivity contribution >= 4 is 17.3 Å². The molecule has 0 aliphatic heterocycles. The molecule has 0 bridgehead atoms. The molecule has 0 heterocycles. The monoisotopic (exact) mass is 325 g/mol. The number of fused-ring (bicyclic) bond motifs is 2. The molecule has 0 radical (unpaired) electrons. The zero-order valence-electron chi connectivity index (χ0n) is 15.1. The van der Waals surface area contributed by atoms with Crippen molar-refractivity contribution in [3.8, 4) is 0 Å². The Morgan fingerprint density at radius 2 is 1.40 bits per heavy atom. The number of hydrogen-bond acceptors (Lipinski definition) is 1. The van der Waals surface area contributed by atoms with Crippen LogP contribution in [0.15, 0.2) is 66.7 Å². The van der Waals surface area contributed by atoms with Crippen molar-refractivity contribution in [2.75, 3.05) is 19.0 Å². The van der Waals surface area contributed by atoms with Crippen molar-refractivity contribution < 1.29 is 0 Å². The lowest BCUT2D eigenvalue weighted by atomic mass is 9.81.